The van der Waals surface area contributed by atoms with Crippen LogP contribution in [-0.4, -0.2) is 35.3 Å². The average Bonchev–Trinajstić information content (AvgIpc) is 3.08. The zero-order chi connectivity index (χ0) is 19.7. The number of hydrogen-bond donors (Lipinski definition) is 3. The highest BCUT2D eigenvalue weighted by Gasteiger charge is 2.26. The molecule has 7 heteroatoms. The molecule has 0 aliphatic rings. The summed E-state index contributed by atoms with van der Waals surface area (Å²) in [5.74, 6) is 1.92. The standard InChI is InChI=1S/C20H30N4O3/c1-4-21-19(23-15-20(3,26)17-11-10-16(2)27-17)22-12-6-8-14-24-13-7-5-9-18(24)25/h5,7,9-11,13,26H,4,6,8,12,14-15H2,1-3H3,(H2,21,22,23). The molecule has 0 aliphatic heterocycles. The van der Waals surface area contributed by atoms with Crippen LogP contribution in [0.4, 0.5) is 0 Å². The molecule has 2 heterocycles. The Morgan fingerprint density at radius 2 is 2.07 bits per heavy atom. The Bertz CT molecular complexity index is 792. The van der Waals surface area contributed by atoms with Gasteiger partial charge in [-0.15, -0.1) is 0 Å². The van der Waals surface area contributed by atoms with Gasteiger partial charge in [0.05, 0.1) is 6.54 Å². The van der Waals surface area contributed by atoms with E-state index in [-0.39, 0.29) is 12.1 Å². The minimum absolute atomic E-state index is 0.0238. The van der Waals surface area contributed by atoms with Crippen molar-refractivity contribution in [3.05, 3.63) is 58.4 Å². The molecule has 7 nitrogen and oxygen atoms in total. The first-order chi connectivity index (χ1) is 12.9. The van der Waals surface area contributed by atoms with Gasteiger partial charge in [0.15, 0.2) is 5.96 Å². The second-order valence-electron chi connectivity index (χ2n) is 6.75. The summed E-state index contributed by atoms with van der Waals surface area (Å²) >= 11 is 0. The van der Waals surface area contributed by atoms with Crippen molar-refractivity contribution in [1.29, 1.82) is 0 Å². The van der Waals surface area contributed by atoms with Gasteiger partial charge >= 0.3 is 0 Å². The largest absolute Gasteiger partial charge is 0.463 e. The molecular weight excluding hydrogens is 344 g/mol. The average molecular weight is 374 g/mol. The molecule has 2 aromatic heterocycles. The second kappa shape index (κ2) is 9.97. The van der Waals surface area contributed by atoms with E-state index in [0.29, 0.717) is 18.3 Å². The Kier molecular flexibility index (Phi) is 7.67. The minimum atomic E-state index is -1.16. The topological polar surface area (TPSA) is 91.8 Å². The third-order valence-corrected chi connectivity index (χ3v) is 4.18. The second-order valence-corrected chi connectivity index (χ2v) is 6.75. The maximum atomic E-state index is 11.7. The van der Waals surface area contributed by atoms with E-state index in [0.717, 1.165) is 31.7 Å². The molecule has 0 bridgehead atoms. The molecule has 0 saturated carbocycles. The van der Waals surface area contributed by atoms with Crippen LogP contribution in [0, 0.1) is 6.92 Å². The van der Waals surface area contributed by atoms with E-state index in [2.05, 4.69) is 15.6 Å². The molecular formula is C20H30N4O3. The quantitative estimate of drug-likeness (QED) is 0.355. The van der Waals surface area contributed by atoms with E-state index in [9.17, 15) is 9.90 Å². The summed E-state index contributed by atoms with van der Waals surface area (Å²) in [4.78, 5) is 16.1. The third kappa shape index (κ3) is 6.60. The summed E-state index contributed by atoms with van der Waals surface area (Å²) in [6.45, 7) is 7.87. The fourth-order valence-electron chi connectivity index (χ4n) is 2.64. The molecule has 0 radical (unpaired) electrons. The van der Waals surface area contributed by atoms with Crippen LogP contribution in [0.1, 0.15) is 38.2 Å². The normalized spacial score (nSPS) is 14.0. The molecule has 0 saturated heterocycles. The third-order valence-electron chi connectivity index (χ3n) is 4.18. The van der Waals surface area contributed by atoms with Crippen LogP contribution in [0.15, 0.2) is 50.7 Å². The van der Waals surface area contributed by atoms with Gasteiger partial charge in [-0.05, 0) is 51.8 Å². The fraction of sp³-hybridized carbons (Fsp3) is 0.500. The van der Waals surface area contributed by atoms with Gasteiger partial charge in [0.25, 0.3) is 0 Å². The number of aromatic nitrogens is 1. The van der Waals surface area contributed by atoms with Crippen LogP contribution in [0.2, 0.25) is 0 Å². The summed E-state index contributed by atoms with van der Waals surface area (Å²) in [6, 6.07) is 8.78. The van der Waals surface area contributed by atoms with Crippen molar-refractivity contribution >= 4 is 5.96 Å². The van der Waals surface area contributed by atoms with Crippen molar-refractivity contribution in [1.82, 2.24) is 15.2 Å². The summed E-state index contributed by atoms with van der Waals surface area (Å²) in [5, 5.41) is 17.0. The molecule has 27 heavy (non-hydrogen) atoms. The van der Waals surface area contributed by atoms with Crippen molar-refractivity contribution in [2.45, 2.75) is 45.8 Å². The lowest BCUT2D eigenvalue weighted by atomic mass is 10.0. The Morgan fingerprint density at radius 3 is 2.74 bits per heavy atom. The van der Waals surface area contributed by atoms with Gasteiger partial charge in [-0.25, -0.2) is 4.99 Å². The van der Waals surface area contributed by atoms with E-state index in [1.807, 2.05) is 26.0 Å². The molecule has 3 N–H and O–H groups in total. The van der Waals surface area contributed by atoms with Gasteiger partial charge in [-0.1, -0.05) is 6.07 Å². The number of aliphatic imine (C=N–C) groups is 1. The molecule has 1 atom stereocenters. The lowest BCUT2D eigenvalue weighted by Gasteiger charge is -2.19. The predicted octanol–water partition coefficient (Wildman–Crippen LogP) is 1.99. The summed E-state index contributed by atoms with van der Waals surface area (Å²) in [6.07, 6.45) is 3.60. The highest BCUT2D eigenvalue weighted by molar-refractivity contribution is 5.79. The van der Waals surface area contributed by atoms with Gasteiger partial charge in [-0.2, -0.15) is 0 Å². The SMILES string of the molecule is CCNC(=NCC(C)(O)c1ccc(C)o1)NCCCCn1ccccc1=O. The van der Waals surface area contributed by atoms with Crippen molar-refractivity contribution in [2.75, 3.05) is 19.6 Å². The number of guanidine groups is 1. The number of aryl methyl sites for hydroxylation is 2. The van der Waals surface area contributed by atoms with Gasteiger partial charge in [-0.3, -0.25) is 4.79 Å². The Hall–Kier alpha value is -2.54. The Labute approximate surface area is 160 Å². The molecule has 0 fully saturated rings. The number of nitrogens with zero attached hydrogens (tertiary/aromatic N) is 2. The zero-order valence-corrected chi connectivity index (χ0v) is 16.4. The van der Waals surface area contributed by atoms with E-state index < -0.39 is 5.60 Å². The highest BCUT2D eigenvalue weighted by atomic mass is 16.4. The van der Waals surface area contributed by atoms with Gasteiger partial charge in [0.2, 0.25) is 5.56 Å². The van der Waals surface area contributed by atoms with Gasteiger partial charge < -0.3 is 24.7 Å². The van der Waals surface area contributed by atoms with Gasteiger partial charge in [0.1, 0.15) is 17.1 Å². The first-order valence-corrected chi connectivity index (χ1v) is 9.39. The first kappa shape index (κ1) is 20.8. The molecule has 0 amide bonds. The molecule has 0 aliphatic carbocycles. The molecule has 1 unspecified atom stereocenters. The maximum absolute atomic E-state index is 11.7. The van der Waals surface area contributed by atoms with Crippen molar-refractivity contribution in [3.63, 3.8) is 0 Å². The number of unbranched alkanes of at least 4 members (excludes halogenated alkanes) is 1. The van der Waals surface area contributed by atoms with Crippen LogP contribution in [-0.2, 0) is 12.1 Å². The Morgan fingerprint density at radius 1 is 1.26 bits per heavy atom. The smallest absolute Gasteiger partial charge is 0.250 e. The minimum Gasteiger partial charge on any atom is -0.463 e. The summed E-state index contributed by atoms with van der Waals surface area (Å²) in [5.41, 5.74) is -1.14. The van der Waals surface area contributed by atoms with Crippen molar-refractivity contribution < 1.29 is 9.52 Å². The summed E-state index contributed by atoms with van der Waals surface area (Å²) in [7, 11) is 0. The van der Waals surface area contributed by atoms with Crippen LogP contribution in [0.5, 0.6) is 0 Å². The monoisotopic (exact) mass is 374 g/mol. The van der Waals surface area contributed by atoms with E-state index in [1.54, 1.807) is 35.9 Å². The number of nitrogens with one attached hydrogen (secondary N) is 2. The van der Waals surface area contributed by atoms with E-state index >= 15 is 0 Å². The fourth-order valence-corrected chi connectivity index (χ4v) is 2.64. The van der Waals surface area contributed by atoms with Crippen LogP contribution >= 0.6 is 0 Å². The number of hydrogen-bond acceptors (Lipinski definition) is 4. The zero-order valence-electron chi connectivity index (χ0n) is 16.4. The lowest BCUT2D eigenvalue weighted by molar-refractivity contribution is 0.0428. The number of furan rings is 1. The van der Waals surface area contributed by atoms with Crippen molar-refractivity contribution in [3.8, 4) is 0 Å². The van der Waals surface area contributed by atoms with Gasteiger partial charge in [0, 0.05) is 31.9 Å². The molecule has 0 spiro atoms. The summed E-state index contributed by atoms with van der Waals surface area (Å²) < 4.78 is 7.23. The molecule has 148 valence electrons. The lowest BCUT2D eigenvalue weighted by Crippen LogP contribution is -2.39. The first-order valence-electron chi connectivity index (χ1n) is 9.39. The predicted molar refractivity (Wildman–Crippen MR) is 107 cm³/mol. The van der Waals surface area contributed by atoms with E-state index in [4.69, 9.17) is 4.42 Å². The number of aliphatic hydroxyl groups is 1. The van der Waals surface area contributed by atoms with Crippen LogP contribution in [0.25, 0.3) is 0 Å². The highest BCUT2D eigenvalue weighted by Crippen LogP contribution is 2.22. The Balaban J connectivity index is 1.81. The van der Waals surface area contributed by atoms with Crippen molar-refractivity contribution in [2.24, 2.45) is 4.99 Å². The van der Waals surface area contributed by atoms with E-state index in [1.165, 1.54) is 0 Å². The number of pyridine rings is 1. The molecule has 0 aromatic carbocycles. The maximum Gasteiger partial charge on any atom is 0.250 e. The molecule has 2 rings (SSSR count). The molecule has 2 aromatic rings. The van der Waals surface area contributed by atoms with Crippen LogP contribution < -0.4 is 16.2 Å². The number of rotatable bonds is 9. The van der Waals surface area contributed by atoms with Crippen LogP contribution in [0.3, 0.4) is 0 Å².